The Balaban J connectivity index is 2.42. The molecule has 1 aromatic rings. The van der Waals surface area contributed by atoms with Crippen LogP contribution in [0.3, 0.4) is 0 Å². The maximum Gasteiger partial charge on any atom is 0.125 e. The number of rotatable bonds is 4. The Morgan fingerprint density at radius 1 is 1.64 bits per heavy atom. The lowest BCUT2D eigenvalue weighted by Gasteiger charge is -2.09. The van der Waals surface area contributed by atoms with Crippen molar-refractivity contribution in [2.45, 2.75) is 32.9 Å². The number of nitrogens with one attached hydrogen (secondary N) is 1. The lowest BCUT2D eigenvalue weighted by Crippen LogP contribution is -2.25. The summed E-state index contributed by atoms with van der Waals surface area (Å²) in [5.41, 5.74) is 0.960. The molecule has 14 heavy (non-hydrogen) atoms. The molecule has 0 saturated carbocycles. The molecule has 74 valence electrons. The van der Waals surface area contributed by atoms with Crippen molar-refractivity contribution in [3.05, 3.63) is 23.8 Å². The molecule has 1 aromatic heterocycles. The van der Waals surface area contributed by atoms with Crippen LogP contribution in [0.5, 0.6) is 0 Å². The molecule has 1 atom stereocenters. The van der Waals surface area contributed by atoms with Crippen molar-refractivity contribution in [2.24, 2.45) is 0 Å². The van der Waals surface area contributed by atoms with E-state index in [1.54, 1.807) is 6.20 Å². The van der Waals surface area contributed by atoms with Crippen LogP contribution < -0.4 is 5.32 Å². The van der Waals surface area contributed by atoms with Gasteiger partial charge in [0.25, 0.3) is 0 Å². The van der Waals surface area contributed by atoms with Gasteiger partial charge in [-0.1, -0.05) is 0 Å². The Kier molecular flexibility index (Phi) is 4.02. The van der Waals surface area contributed by atoms with Crippen molar-refractivity contribution >= 4 is 0 Å². The van der Waals surface area contributed by atoms with Gasteiger partial charge in [0, 0.05) is 18.8 Å². The molecule has 0 aliphatic heterocycles. The van der Waals surface area contributed by atoms with Gasteiger partial charge in [0.05, 0.1) is 18.2 Å². The van der Waals surface area contributed by atoms with Gasteiger partial charge in [0.2, 0.25) is 0 Å². The Morgan fingerprint density at radius 2 is 2.43 bits per heavy atom. The first kappa shape index (κ1) is 10.6. The lowest BCUT2D eigenvalue weighted by molar-refractivity contribution is 0.550. The van der Waals surface area contributed by atoms with Crippen molar-refractivity contribution in [1.82, 2.24) is 15.3 Å². The highest BCUT2D eigenvalue weighted by Gasteiger charge is 2.01. The third-order valence-corrected chi connectivity index (χ3v) is 1.86. The molecule has 0 bridgehead atoms. The molecule has 0 saturated heterocycles. The van der Waals surface area contributed by atoms with Crippen LogP contribution in [0.25, 0.3) is 0 Å². The minimum atomic E-state index is 0.204. The van der Waals surface area contributed by atoms with Crippen molar-refractivity contribution < 1.29 is 0 Å². The second-order valence-corrected chi connectivity index (χ2v) is 3.24. The summed E-state index contributed by atoms with van der Waals surface area (Å²) in [5, 5.41) is 11.7. The average Bonchev–Trinajstić information content (AvgIpc) is 2.15. The summed E-state index contributed by atoms with van der Waals surface area (Å²) in [4.78, 5) is 8.26. The smallest absolute Gasteiger partial charge is 0.125 e. The minimum Gasteiger partial charge on any atom is -0.308 e. The molecule has 0 radical (unpaired) electrons. The summed E-state index contributed by atoms with van der Waals surface area (Å²) in [7, 11) is 0. The van der Waals surface area contributed by atoms with E-state index in [1.807, 2.05) is 19.9 Å². The molecule has 0 spiro atoms. The van der Waals surface area contributed by atoms with E-state index in [2.05, 4.69) is 21.4 Å². The summed E-state index contributed by atoms with van der Waals surface area (Å²) >= 11 is 0. The molecule has 0 aromatic carbocycles. The highest BCUT2D eigenvalue weighted by Crippen LogP contribution is 1.96. The van der Waals surface area contributed by atoms with E-state index in [1.165, 1.54) is 0 Å². The van der Waals surface area contributed by atoms with E-state index >= 15 is 0 Å². The Bertz CT molecular complexity index is 329. The van der Waals surface area contributed by atoms with Crippen LogP contribution in [0.15, 0.2) is 12.3 Å². The fraction of sp³-hybridized carbons (Fsp3) is 0.500. The van der Waals surface area contributed by atoms with E-state index in [0.29, 0.717) is 13.0 Å². The number of hydrogen-bond donors (Lipinski definition) is 1. The number of aromatic nitrogens is 2. The number of nitriles is 1. The summed E-state index contributed by atoms with van der Waals surface area (Å²) in [6.07, 6.45) is 2.26. The third kappa shape index (κ3) is 3.50. The van der Waals surface area contributed by atoms with E-state index in [-0.39, 0.29) is 6.04 Å². The molecule has 0 fully saturated rings. The summed E-state index contributed by atoms with van der Waals surface area (Å²) in [6.45, 7) is 4.53. The maximum atomic E-state index is 8.46. The number of nitrogens with zero attached hydrogens (tertiary/aromatic N) is 3. The quantitative estimate of drug-likeness (QED) is 0.774. The van der Waals surface area contributed by atoms with Crippen molar-refractivity contribution in [3.63, 3.8) is 0 Å². The standard InChI is InChI=1S/C10H14N4/c1-8(3-5-11)13-7-10-4-6-12-9(2)14-10/h4,6,8,13H,3,7H2,1-2H3. The van der Waals surface area contributed by atoms with Gasteiger partial charge in [-0.25, -0.2) is 9.97 Å². The fourth-order valence-corrected chi connectivity index (χ4v) is 1.09. The lowest BCUT2D eigenvalue weighted by atomic mass is 10.2. The molecule has 4 heteroatoms. The highest BCUT2D eigenvalue weighted by molar-refractivity contribution is 5.01. The van der Waals surface area contributed by atoms with Gasteiger partial charge in [0.15, 0.2) is 0 Å². The van der Waals surface area contributed by atoms with Crippen molar-refractivity contribution in [3.8, 4) is 6.07 Å². The van der Waals surface area contributed by atoms with Gasteiger partial charge >= 0.3 is 0 Å². The zero-order chi connectivity index (χ0) is 10.4. The topological polar surface area (TPSA) is 61.6 Å². The first-order valence-corrected chi connectivity index (χ1v) is 4.61. The van der Waals surface area contributed by atoms with Crippen LogP contribution in [0.4, 0.5) is 0 Å². The van der Waals surface area contributed by atoms with Crippen LogP contribution in [0.2, 0.25) is 0 Å². The first-order valence-electron chi connectivity index (χ1n) is 4.61. The fourth-order valence-electron chi connectivity index (χ4n) is 1.09. The molecular weight excluding hydrogens is 176 g/mol. The number of aryl methyl sites for hydroxylation is 1. The molecule has 0 aliphatic rings. The van der Waals surface area contributed by atoms with Gasteiger partial charge in [-0.2, -0.15) is 5.26 Å². The highest BCUT2D eigenvalue weighted by atomic mass is 14.9. The molecule has 1 N–H and O–H groups in total. The Hall–Kier alpha value is -1.47. The Morgan fingerprint density at radius 3 is 3.07 bits per heavy atom. The van der Waals surface area contributed by atoms with Gasteiger partial charge in [-0.15, -0.1) is 0 Å². The predicted molar refractivity (Wildman–Crippen MR) is 53.3 cm³/mol. The van der Waals surface area contributed by atoms with Crippen molar-refractivity contribution in [2.75, 3.05) is 0 Å². The van der Waals surface area contributed by atoms with Gasteiger partial charge in [-0.05, 0) is 19.9 Å². The normalized spacial score (nSPS) is 12.1. The van der Waals surface area contributed by atoms with Gasteiger partial charge in [0.1, 0.15) is 5.82 Å². The second-order valence-electron chi connectivity index (χ2n) is 3.24. The number of hydrogen-bond acceptors (Lipinski definition) is 4. The zero-order valence-electron chi connectivity index (χ0n) is 8.49. The first-order chi connectivity index (χ1) is 6.72. The molecule has 4 nitrogen and oxygen atoms in total. The maximum absolute atomic E-state index is 8.46. The van der Waals surface area contributed by atoms with Crippen LogP contribution in [-0.2, 0) is 6.54 Å². The molecule has 0 aliphatic carbocycles. The summed E-state index contributed by atoms with van der Waals surface area (Å²) in [5.74, 6) is 0.775. The van der Waals surface area contributed by atoms with Crippen LogP contribution >= 0.6 is 0 Å². The van der Waals surface area contributed by atoms with E-state index in [9.17, 15) is 0 Å². The molecule has 1 rings (SSSR count). The SMILES string of the molecule is Cc1nccc(CNC(C)CC#N)n1. The second kappa shape index (κ2) is 5.30. The molecule has 1 unspecified atom stereocenters. The summed E-state index contributed by atoms with van der Waals surface area (Å²) < 4.78 is 0. The largest absolute Gasteiger partial charge is 0.308 e. The minimum absolute atomic E-state index is 0.204. The predicted octanol–water partition coefficient (Wildman–Crippen LogP) is 1.18. The Labute approximate surface area is 84.0 Å². The van der Waals surface area contributed by atoms with Gasteiger partial charge in [-0.3, -0.25) is 0 Å². The van der Waals surface area contributed by atoms with E-state index in [0.717, 1.165) is 11.5 Å². The molecule has 0 amide bonds. The van der Waals surface area contributed by atoms with E-state index in [4.69, 9.17) is 5.26 Å². The average molecular weight is 190 g/mol. The van der Waals surface area contributed by atoms with Crippen LogP contribution in [0, 0.1) is 18.3 Å². The van der Waals surface area contributed by atoms with Crippen LogP contribution in [0.1, 0.15) is 24.9 Å². The molecular formula is C10H14N4. The van der Waals surface area contributed by atoms with Crippen molar-refractivity contribution in [1.29, 1.82) is 5.26 Å². The van der Waals surface area contributed by atoms with Crippen LogP contribution in [-0.4, -0.2) is 16.0 Å². The summed E-state index contributed by atoms with van der Waals surface area (Å²) in [6, 6.07) is 4.20. The molecule has 1 heterocycles. The third-order valence-electron chi connectivity index (χ3n) is 1.86. The van der Waals surface area contributed by atoms with Gasteiger partial charge < -0.3 is 5.32 Å². The zero-order valence-corrected chi connectivity index (χ0v) is 8.49. The monoisotopic (exact) mass is 190 g/mol. The van der Waals surface area contributed by atoms with E-state index < -0.39 is 0 Å².